The van der Waals surface area contributed by atoms with E-state index in [9.17, 15) is 14.4 Å². The van der Waals surface area contributed by atoms with Crippen LogP contribution in [0.3, 0.4) is 0 Å². The van der Waals surface area contributed by atoms with Gasteiger partial charge in [-0.25, -0.2) is 4.90 Å². The number of amides is 2. The summed E-state index contributed by atoms with van der Waals surface area (Å²) in [6, 6.07) is 12.3. The fraction of sp³-hybridized carbons (Fsp3) is 0.100. The molecule has 0 saturated heterocycles. The van der Waals surface area contributed by atoms with Gasteiger partial charge in [-0.1, -0.05) is 18.2 Å². The molecule has 0 aliphatic carbocycles. The maximum absolute atomic E-state index is 13.0. The number of benzene rings is 2. The Morgan fingerprint density at radius 3 is 2.56 bits per heavy atom. The standard InChI is InChI=1S/C20H14N2O3/c1-12(23)9-15-17-11-21-8-7-13(17)10-16-18(15)20(25)22(19(16)24)14-5-3-2-4-6-14/h2-8,10-11H,9H2,1H3. The van der Waals surface area contributed by atoms with Gasteiger partial charge in [-0.15, -0.1) is 0 Å². The lowest BCUT2D eigenvalue weighted by Gasteiger charge is -2.13. The molecule has 1 aliphatic rings. The number of carbonyl (C=O) groups is 3. The zero-order valence-corrected chi connectivity index (χ0v) is 13.5. The highest BCUT2D eigenvalue weighted by atomic mass is 16.2. The van der Waals surface area contributed by atoms with E-state index in [0.717, 1.165) is 10.8 Å². The van der Waals surface area contributed by atoms with E-state index >= 15 is 0 Å². The van der Waals surface area contributed by atoms with Crippen LogP contribution in [-0.2, 0) is 11.2 Å². The second-order valence-corrected chi connectivity index (χ2v) is 6.03. The number of pyridine rings is 1. The number of fused-ring (bicyclic) bond motifs is 2. The molecule has 2 heterocycles. The number of ketones is 1. The predicted molar refractivity (Wildman–Crippen MR) is 93.7 cm³/mol. The minimum Gasteiger partial charge on any atom is -0.300 e. The first-order valence-corrected chi connectivity index (χ1v) is 7.91. The average molecular weight is 330 g/mol. The number of hydrogen-bond acceptors (Lipinski definition) is 4. The van der Waals surface area contributed by atoms with E-state index in [0.29, 0.717) is 22.4 Å². The largest absolute Gasteiger partial charge is 0.300 e. The molecule has 25 heavy (non-hydrogen) atoms. The zero-order chi connectivity index (χ0) is 17.6. The highest BCUT2D eigenvalue weighted by Gasteiger charge is 2.39. The molecule has 0 unspecified atom stereocenters. The molecular formula is C20H14N2O3. The van der Waals surface area contributed by atoms with Gasteiger partial charge >= 0.3 is 0 Å². The molecule has 122 valence electrons. The molecule has 0 saturated carbocycles. The van der Waals surface area contributed by atoms with E-state index in [1.165, 1.54) is 11.8 Å². The highest BCUT2D eigenvalue weighted by Crippen LogP contribution is 2.35. The summed E-state index contributed by atoms with van der Waals surface area (Å²) in [5.74, 6) is -0.833. The van der Waals surface area contributed by atoms with Crippen molar-refractivity contribution in [3.8, 4) is 0 Å². The summed E-state index contributed by atoms with van der Waals surface area (Å²) in [5.41, 5.74) is 1.74. The Morgan fingerprint density at radius 2 is 1.84 bits per heavy atom. The van der Waals surface area contributed by atoms with Crippen LogP contribution in [0.15, 0.2) is 54.9 Å². The van der Waals surface area contributed by atoms with E-state index < -0.39 is 5.91 Å². The van der Waals surface area contributed by atoms with E-state index in [4.69, 9.17) is 0 Å². The first-order valence-electron chi connectivity index (χ1n) is 7.91. The van der Waals surface area contributed by atoms with Crippen LogP contribution in [0.4, 0.5) is 5.69 Å². The van der Waals surface area contributed by atoms with Crippen LogP contribution >= 0.6 is 0 Å². The Kier molecular flexibility index (Phi) is 3.42. The Morgan fingerprint density at radius 1 is 1.08 bits per heavy atom. The van der Waals surface area contributed by atoms with E-state index in [-0.39, 0.29) is 18.1 Å². The molecule has 5 nitrogen and oxygen atoms in total. The van der Waals surface area contributed by atoms with Gasteiger partial charge in [-0.05, 0) is 42.1 Å². The number of anilines is 1. The summed E-state index contributed by atoms with van der Waals surface area (Å²) in [5, 5.41) is 1.52. The Hall–Kier alpha value is -3.34. The molecule has 0 spiro atoms. The molecule has 2 aromatic carbocycles. The lowest BCUT2D eigenvalue weighted by molar-refractivity contribution is -0.116. The van der Waals surface area contributed by atoms with Crippen molar-refractivity contribution in [1.82, 2.24) is 4.98 Å². The second kappa shape index (κ2) is 5.63. The quantitative estimate of drug-likeness (QED) is 0.692. The number of aromatic nitrogens is 1. The number of imide groups is 1. The van der Waals surface area contributed by atoms with Crippen LogP contribution in [0.1, 0.15) is 33.2 Å². The molecule has 0 atom stereocenters. The summed E-state index contributed by atoms with van der Waals surface area (Å²) in [6.07, 6.45) is 3.35. The van der Waals surface area contributed by atoms with Crippen molar-refractivity contribution >= 4 is 34.1 Å². The summed E-state index contributed by atoms with van der Waals surface area (Å²) in [6.45, 7) is 1.47. The lowest BCUT2D eigenvalue weighted by Crippen LogP contribution is -2.29. The Balaban J connectivity index is 1.99. The third-order valence-electron chi connectivity index (χ3n) is 4.34. The van der Waals surface area contributed by atoms with Gasteiger partial charge in [0.25, 0.3) is 11.8 Å². The second-order valence-electron chi connectivity index (χ2n) is 6.03. The van der Waals surface area contributed by atoms with Gasteiger partial charge < -0.3 is 0 Å². The average Bonchev–Trinajstić information content (AvgIpc) is 2.86. The third kappa shape index (κ3) is 2.32. The SMILES string of the molecule is CC(=O)Cc1c2c(cc3ccncc13)C(=O)N(c1ccccc1)C2=O. The van der Waals surface area contributed by atoms with Crippen LogP contribution in [0.25, 0.3) is 10.8 Å². The Labute approximate surface area is 143 Å². The van der Waals surface area contributed by atoms with Gasteiger partial charge in [0.05, 0.1) is 16.8 Å². The highest BCUT2D eigenvalue weighted by molar-refractivity contribution is 6.36. The summed E-state index contributed by atoms with van der Waals surface area (Å²) in [4.78, 5) is 43.0. The minimum absolute atomic E-state index is 0.0723. The molecular weight excluding hydrogens is 316 g/mol. The normalized spacial score (nSPS) is 13.4. The Bertz CT molecular complexity index is 1040. The van der Waals surface area contributed by atoms with Crippen molar-refractivity contribution < 1.29 is 14.4 Å². The number of hydrogen-bond donors (Lipinski definition) is 0. The van der Waals surface area contributed by atoms with Crippen LogP contribution in [0.5, 0.6) is 0 Å². The van der Waals surface area contributed by atoms with Gasteiger partial charge in [-0.3, -0.25) is 19.4 Å². The van der Waals surface area contributed by atoms with E-state index in [2.05, 4.69) is 4.98 Å². The maximum Gasteiger partial charge on any atom is 0.266 e. The number of Topliss-reactive ketones (excluding diaryl/α,β-unsaturated/α-hetero) is 1. The first-order chi connectivity index (χ1) is 12.1. The maximum atomic E-state index is 13.0. The molecule has 0 radical (unpaired) electrons. The van der Waals surface area contributed by atoms with E-state index in [1.54, 1.807) is 48.8 Å². The number of carbonyl (C=O) groups excluding carboxylic acids is 3. The molecule has 0 fully saturated rings. The van der Waals surface area contributed by atoms with Gasteiger partial charge in [0, 0.05) is 24.2 Å². The molecule has 1 aliphatic heterocycles. The monoisotopic (exact) mass is 330 g/mol. The molecule has 0 N–H and O–H groups in total. The van der Waals surface area contributed by atoms with Crippen molar-refractivity contribution in [2.45, 2.75) is 13.3 Å². The molecule has 2 amide bonds. The van der Waals surface area contributed by atoms with Crippen LogP contribution in [0, 0.1) is 0 Å². The van der Waals surface area contributed by atoms with E-state index in [1.807, 2.05) is 6.07 Å². The minimum atomic E-state index is -0.395. The predicted octanol–water partition coefficient (Wildman–Crippen LogP) is 3.17. The number of para-hydroxylation sites is 1. The van der Waals surface area contributed by atoms with Crippen LogP contribution in [0.2, 0.25) is 0 Å². The first kappa shape index (κ1) is 15.2. The van der Waals surface area contributed by atoms with Crippen molar-refractivity contribution in [3.05, 3.63) is 71.5 Å². The van der Waals surface area contributed by atoms with Crippen molar-refractivity contribution in [2.75, 3.05) is 4.90 Å². The summed E-state index contributed by atoms with van der Waals surface area (Å²) in [7, 11) is 0. The topological polar surface area (TPSA) is 67.3 Å². The molecule has 1 aromatic heterocycles. The zero-order valence-electron chi connectivity index (χ0n) is 13.5. The van der Waals surface area contributed by atoms with Crippen LogP contribution < -0.4 is 4.90 Å². The third-order valence-corrected chi connectivity index (χ3v) is 4.34. The molecule has 4 rings (SSSR count). The van der Waals surface area contributed by atoms with Gasteiger partial charge in [0.1, 0.15) is 5.78 Å². The lowest BCUT2D eigenvalue weighted by atomic mass is 9.93. The number of nitrogens with zero attached hydrogens (tertiary/aromatic N) is 2. The summed E-state index contributed by atoms with van der Waals surface area (Å²) >= 11 is 0. The smallest absolute Gasteiger partial charge is 0.266 e. The molecule has 0 bridgehead atoms. The van der Waals surface area contributed by atoms with Crippen molar-refractivity contribution in [3.63, 3.8) is 0 Å². The molecule has 3 aromatic rings. The summed E-state index contributed by atoms with van der Waals surface area (Å²) < 4.78 is 0. The van der Waals surface area contributed by atoms with Crippen LogP contribution in [-0.4, -0.2) is 22.6 Å². The molecule has 5 heteroatoms. The van der Waals surface area contributed by atoms with Gasteiger partial charge in [-0.2, -0.15) is 0 Å². The van der Waals surface area contributed by atoms with Gasteiger partial charge in [0.15, 0.2) is 0 Å². The fourth-order valence-electron chi connectivity index (χ4n) is 3.29. The van der Waals surface area contributed by atoms with Crippen molar-refractivity contribution in [2.24, 2.45) is 0 Å². The number of rotatable bonds is 3. The fourth-order valence-corrected chi connectivity index (χ4v) is 3.29. The van der Waals surface area contributed by atoms with Gasteiger partial charge in [0.2, 0.25) is 0 Å². The van der Waals surface area contributed by atoms with Crippen molar-refractivity contribution in [1.29, 1.82) is 0 Å².